The number of unbranched alkanes of at least 4 members (excludes halogenated alkanes) is 1. The molecule has 0 heterocycles. The van der Waals surface area contributed by atoms with Gasteiger partial charge in [-0.05, 0) is 57.0 Å². The van der Waals surface area contributed by atoms with Crippen molar-refractivity contribution in [2.45, 2.75) is 26.7 Å². The molecule has 19 heavy (non-hydrogen) atoms. The summed E-state index contributed by atoms with van der Waals surface area (Å²) in [5.74, 6) is 0.525. The van der Waals surface area contributed by atoms with Gasteiger partial charge in [-0.3, -0.25) is 0 Å². The summed E-state index contributed by atoms with van der Waals surface area (Å²) in [6.45, 7) is 7.84. The van der Waals surface area contributed by atoms with Crippen molar-refractivity contribution in [1.29, 1.82) is 0 Å². The van der Waals surface area contributed by atoms with Crippen LogP contribution in [0.15, 0.2) is 18.2 Å². The fourth-order valence-electron chi connectivity index (χ4n) is 1.73. The molecule has 0 saturated carbocycles. The van der Waals surface area contributed by atoms with Gasteiger partial charge in [-0.2, -0.15) is 0 Å². The highest BCUT2D eigenvalue weighted by Gasteiger charge is 2.00. The SMILES string of the molecule is CCOCCCCNCCOc1ccc(F)cc1C. The van der Waals surface area contributed by atoms with E-state index in [1.165, 1.54) is 12.1 Å². The minimum absolute atomic E-state index is 0.225. The molecule has 0 unspecified atom stereocenters. The molecule has 0 bridgehead atoms. The monoisotopic (exact) mass is 269 g/mol. The van der Waals surface area contributed by atoms with Crippen LogP contribution in [-0.4, -0.2) is 32.9 Å². The molecule has 1 N–H and O–H groups in total. The lowest BCUT2D eigenvalue weighted by atomic mass is 10.2. The van der Waals surface area contributed by atoms with Crippen LogP contribution in [0.1, 0.15) is 25.3 Å². The quantitative estimate of drug-likeness (QED) is 0.662. The summed E-state index contributed by atoms with van der Waals surface area (Å²) in [7, 11) is 0. The molecule has 4 heteroatoms. The van der Waals surface area contributed by atoms with Gasteiger partial charge in [0.15, 0.2) is 0 Å². The van der Waals surface area contributed by atoms with Gasteiger partial charge in [0.2, 0.25) is 0 Å². The normalized spacial score (nSPS) is 10.7. The Balaban J connectivity index is 2.01. The third-order valence-corrected chi connectivity index (χ3v) is 2.77. The second-order valence-corrected chi connectivity index (χ2v) is 4.41. The summed E-state index contributed by atoms with van der Waals surface area (Å²) in [6.07, 6.45) is 2.19. The third kappa shape index (κ3) is 7.13. The fraction of sp³-hybridized carbons (Fsp3) is 0.600. The van der Waals surface area contributed by atoms with E-state index < -0.39 is 0 Å². The lowest BCUT2D eigenvalue weighted by Gasteiger charge is -2.10. The summed E-state index contributed by atoms with van der Waals surface area (Å²) in [5.41, 5.74) is 0.830. The van der Waals surface area contributed by atoms with Crippen molar-refractivity contribution in [3.8, 4) is 5.75 Å². The average molecular weight is 269 g/mol. The van der Waals surface area contributed by atoms with Gasteiger partial charge in [0.05, 0.1) is 0 Å². The number of rotatable bonds is 10. The van der Waals surface area contributed by atoms with Crippen LogP contribution in [0.25, 0.3) is 0 Å². The molecule has 0 aliphatic rings. The molecule has 0 amide bonds. The summed E-state index contributed by atoms with van der Waals surface area (Å²) in [5, 5.41) is 3.31. The van der Waals surface area contributed by atoms with Crippen molar-refractivity contribution in [3.05, 3.63) is 29.6 Å². The second kappa shape index (κ2) is 9.75. The van der Waals surface area contributed by atoms with E-state index in [9.17, 15) is 4.39 Å². The van der Waals surface area contributed by atoms with Crippen molar-refractivity contribution in [2.75, 3.05) is 32.9 Å². The van der Waals surface area contributed by atoms with E-state index in [2.05, 4.69) is 5.32 Å². The van der Waals surface area contributed by atoms with Crippen molar-refractivity contribution < 1.29 is 13.9 Å². The Morgan fingerprint density at radius 2 is 2.00 bits per heavy atom. The van der Waals surface area contributed by atoms with Crippen LogP contribution in [0.4, 0.5) is 4.39 Å². The molecule has 0 fully saturated rings. The molecule has 0 atom stereocenters. The highest BCUT2D eigenvalue weighted by molar-refractivity contribution is 5.32. The maximum atomic E-state index is 12.9. The summed E-state index contributed by atoms with van der Waals surface area (Å²) < 4.78 is 23.7. The Hall–Kier alpha value is -1.13. The predicted molar refractivity (Wildman–Crippen MR) is 75.2 cm³/mol. The Morgan fingerprint density at radius 3 is 2.74 bits per heavy atom. The summed E-state index contributed by atoms with van der Waals surface area (Å²) in [4.78, 5) is 0. The molecule has 3 nitrogen and oxygen atoms in total. The molecule has 0 aliphatic heterocycles. The van der Waals surface area contributed by atoms with E-state index in [4.69, 9.17) is 9.47 Å². The van der Waals surface area contributed by atoms with Gasteiger partial charge in [-0.25, -0.2) is 4.39 Å². The first kappa shape index (κ1) is 15.9. The third-order valence-electron chi connectivity index (χ3n) is 2.77. The van der Waals surface area contributed by atoms with E-state index in [0.29, 0.717) is 6.61 Å². The zero-order valence-electron chi connectivity index (χ0n) is 11.9. The zero-order valence-corrected chi connectivity index (χ0v) is 11.9. The number of benzene rings is 1. The second-order valence-electron chi connectivity index (χ2n) is 4.41. The standard InChI is InChI=1S/C15H24FNO2/c1-3-18-10-5-4-8-17-9-11-19-15-7-6-14(16)12-13(15)2/h6-7,12,17H,3-5,8-11H2,1-2H3. The molecule has 0 saturated heterocycles. The van der Waals surface area contributed by atoms with Gasteiger partial charge < -0.3 is 14.8 Å². The van der Waals surface area contributed by atoms with E-state index in [1.54, 1.807) is 6.07 Å². The molecule has 108 valence electrons. The molecule has 1 aromatic rings. The summed E-state index contributed by atoms with van der Waals surface area (Å²) in [6, 6.07) is 4.58. The van der Waals surface area contributed by atoms with Crippen LogP contribution in [0, 0.1) is 12.7 Å². The van der Waals surface area contributed by atoms with Crippen LogP contribution < -0.4 is 10.1 Å². The molecule has 0 aromatic heterocycles. The minimum atomic E-state index is -0.225. The van der Waals surface area contributed by atoms with E-state index >= 15 is 0 Å². The highest BCUT2D eigenvalue weighted by Crippen LogP contribution is 2.17. The molecule has 0 spiro atoms. The maximum Gasteiger partial charge on any atom is 0.123 e. The number of nitrogens with one attached hydrogen (secondary N) is 1. The first-order valence-corrected chi connectivity index (χ1v) is 6.91. The van der Waals surface area contributed by atoms with Gasteiger partial charge in [-0.1, -0.05) is 0 Å². The van der Waals surface area contributed by atoms with E-state index in [0.717, 1.165) is 50.5 Å². The first-order valence-electron chi connectivity index (χ1n) is 6.91. The van der Waals surface area contributed by atoms with Crippen LogP contribution >= 0.6 is 0 Å². The Morgan fingerprint density at radius 1 is 1.16 bits per heavy atom. The Kier molecular flexibility index (Phi) is 8.18. The lowest BCUT2D eigenvalue weighted by Crippen LogP contribution is -2.22. The number of hydrogen-bond acceptors (Lipinski definition) is 3. The fourth-order valence-corrected chi connectivity index (χ4v) is 1.73. The van der Waals surface area contributed by atoms with Crippen molar-refractivity contribution in [3.63, 3.8) is 0 Å². The minimum Gasteiger partial charge on any atom is -0.492 e. The highest BCUT2D eigenvalue weighted by atomic mass is 19.1. The Bertz CT molecular complexity index is 358. The predicted octanol–water partition coefficient (Wildman–Crippen LogP) is 2.92. The van der Waals surface area contributed by atoms with Crippen molar-refractivity contribution in [2.24, 2.45) is 0 Å². The van der Waals surface area contributed by atoms with Gasteiger partial charge in [-0.15, -0.1) is 0 Å². The average Bonchev–Trinajstić information content (AvgIpc) is 2.39. The number of ether oxygens (including phenoxy) is 2. The largest absolute Gasteiger partial charge is 0.492 e. The Labute approximate surface area is 115 Å². The number of aryl methyl sites for hydroxylation is 1. The van der Waals surface area contributed by atoms with Crippen molar-refractivity contribution >= 4 is 0 Å². The van der Waals surface area contributed by atoms with Crippen LogP contribution in [0.5, 0.6) is 5.75 Å². The molecular weight excluding hydrogens is 245 g/mol. The first-order chi connectivity index (χ1) is 9.24. The van der Waals surface area contributed by atoms with Crippen LogP contribution in [-0.2, 0) is 4.74 Å². The van der Waals surface area contributed by atoms with Crippen molar-refractivity contribution in [1.82, 2.24) is 5.32 Å². The number of hydrogen-bond donors (Lipinski definition) is 1. The molecule has 0 radical (unpaired) electrons. The maximum absolute atomic E-state index is 12.9. The molecule has 0 aliphatic carbocycles. The lowest BCUT2D eigenvalue weighted by molar-refractivity contribution is 0.143. The zero-order chi connectivity index (χ0) is 13.9. The smallest absolute Gasteiger partial charge is 0.123 e. The topological polar surface area (TPSA) is 30.5 Å². The molecule has 1 rings (SSSR count). The molecule has 1 aromatic carbocycles. The molecular formula is C15H24FNO2. The summed E-state index contributed by atoms with van der Waals surface area (Å²) >= 11 is 0. The van der Waals surface area contributed by atoms with Crippen LogP contribution in [0.2, 0.25) is 0 Å². The van der Waals surface area contributed by atoms with E-state index in [1.807, 2.05) is 13.8 Å². The van der Waals surface area contributed by atoms with Gasteiger partial charge in [0.1, 0.15) is 18.2 Å². The number of halogens is 1. The van der Waals surface area contributed by atoms with Gasteiger partial charge >= 0.3 is 0 Å². The van der Waals surface area contributed by atoms with Crippen LogP contribution in [0.3, 0.4) is 0 Å². The van der Waals surface area contributed by atoms with Gasteiger partial charge in [0, 0.05) is 19.8 Å². The van der Waals surface area contributed by atoms with Gasteiger partial charge in [0.25, 0.3) is 0 Å². The van der Waals surface area contributed by atoms with E-state index in [-0.39, 0.29) is 5.82 Å².